The molecule has 0 bridgehead atoms. The fraction of sp³-hybridized carbons (Fsp3) is 0.200. The lowest BCUT2D eigenvalue weighted by Gasteiger charge is -2.03. The molecule has 0 aliphatic rings. The predicted molar refractivity (Wildman–Crippen MR) is 105 cm³/mol. The largest absolute Gasteiger partial charge is 0.350 e. The highest BCUT2D eigenvalue weighted by Crippen LogP contribution is 2.16. The quantitative estimate of drug-likeness (QED) is 0.476. The number of hydrogen-bond donors (Lipinski definition) is 3. The van der Waals surface area contributed by atoms with Gasteiger partial charge in [-0.1, -0.05) is 18.2 Å². The Hall–Kier alpha value is -3.68. The van der Waals surface area contributed by atoms with Crippen LogP contribution in [0.15, 0.2) is 53.5 Å². The lowest BCUT2D eigenvalue weighted by Crippen LogP contribution is -2.26. The minimum Gasteiger partial charge on any atom is -0.350 e. The van der Waals surface area contributed by atoms with Gasteiger partial charge in [0.25, 0.3) is 11.5 Å². The summed E-state index contributed by atoms with van der Waals surface area (Å²) in [5.74, 6) is 0.296. The van der Waals surface area contributed by atoms with Gasteiger partial charge >= 0.3 is 0 Å². The van der Waals surface area contributed by atoms with Crippen molar-refractivity contribution in [2.75, 3.05) is 6.54 Å². The van der Waals surface area contributed by atoms with Crippen LogP contribution in [0.1, 0.15) is 27.7 Å². The molecule has 8 nitrogen and oxygen atoms in total. The highest BCUT2D eigenvalue weighted by Gasteiger charge is 2.11. The summed E-state index contributed by atoms with van der Waals surface area (Å²) in [6.45, 7) is 2.70. The average Bonchev–Trinajstić information content (AvgIpc) is 3.29. The van der Waals surface area contributed by atoms with Gasteiger partial charge in [0.2, 0.25) is 0 Å². The van der Waals surface area contributed by atoms with E-state index in [0.717, 1.165) is 11.2 Å². The van der Waals surface area contributed by atoms with Crippen LogP contribution in [0, 0.1) is 6.92 Å². The van der Waals surface area contributed by atoms with Crippen molar-refractivity contribution >= 4 is 16.8 Å². The summed E-state index contributed by atoms with van der Waals surface area (Å²) in [5, 5.41) is 11.0. The van der Waals surface area contributed by atoms with Crippen LogP contribution in [0.3, 0.4) is 0 Å². The minimum atomic E-state index is -0.263. The van der Waals surface area contributed by atoms with Crippen molar-refractivity contribution in [3.8, 4) is 0 Å². The smallest absolute Gasteiger partial charge is 0.271 e. The van der Waals surface area contributed by atoms with Crippen LogP contribution in [-0.4, -0.2) is 37.2 Å². The molecule has 0 aliphatic heterocycles. The Morgan fingerprint density at radius 1 is 1.21 bits per heavy atom. The van der Waals surface area contributed by atoms with E-state index in [-0.39, 0.29) is 11.5 Å². The molecule has 8 heteroatoms. The van der Waals surface area contributed by atoms with E-state index >= 15 is 0 Å². The highest BCUT2D eigenvalue weighted by atomic mass is 16.2. The summed E-state index contributed by atoms with van der Waals surface area (Å²) in [4.78, 5) is 30.6. The maximum Gasteiger partial charge on any atom is 0.271 e. The van der Waals surface area contributed by atoms with Crippen molar-refractivity contribution in [2.45, 2.75) is 19.9 Å². The van der Waals surface area contributed by atoms with Crippen LogP contribution < -0.4 is 10.9 Å². The van der Waals surface area contributed by atoms with Gasteiger partial charge in [-0.05, 0) is 30.5 Å². The van der Waals surface area contributed by atoms with E-state index in [9.17, 15) is 9.59 Å². The second kappa shape index (κ2) is 7.51. The molecule has 3 heterocycles. The number of benzene rings is 1. The van der Waals surface area contributed by atoms with Gasteiger partial charge in [-0.25, -0.2) is 4.98 Å². The number of H-pyrrole nitrogens is 2. The van der Waals surface area contributed by atoms with Crippen LogP contribution in [-0.2, 0) is 13.0 Å². The number of para-hydroxylation sites is 1. The summed E-state index contributed by atoms with van der Waals surface area (Å²) >= 11 is 0. The third kappa shape index (κ3) is 3.85. The molecule has 4 rings (SSSR count). The minimum absolute atomic E-state index is 0.191. The maximum atomic E-state index is 12.3. The number of aryl methyl sites for hydroxylation is 1. The first-order valence-electron chi connectivity index (χ1n) is 9.02. The molecule has 142 valence electrons. The molecule has 0 unspecified atom stereocenters. The van der Waals surface area contributed by atoms with E-state index in [2.05, 4.69) is 48.2 Å². The van der Waals surface area contributed by atoms with E-state index in [0.29, 0.717) is 36.7 Å². The molecule has 28 heavy (non-hydrogen) atoms. The number of hydrogen-bond acceptors (Lipinski definition) is 4. The van der Waals surface area contributed by atoms with Crippen LogP contribution >= 0.6 is 0 Å². The molecule has 0 radical (unpaired) electrons. The fourth-order valence-electron chi connectivity index (χ4n) is 3.19. The van der Waals surface area contributed by atoms with Gasteiger partial charge in [0.05, 0.1) is 12.2 Å². The van der Waals surface area contributed by atoms with Gasteiger partial charge in [-0.3, -0.25) is 14.7 Å². The van der Waals surface area contributed by atoms with Gasteiger partial charge in [-0.2, -0.15) is 5.10 Å². The molecular formula is C20H20N6O2. The molecule has 1 aromatic carbocycles. The molecule has 3 aromatic heterocycles. The summed E-state index contributed by atoms with van der Waals surface area (Å²) < 4.78 is 2.10. The number of carbonyl (C=O) groups excluding carboxylic acids is 1. The zero-order valence-electron chi connectivity index (χ0n) is 15.4. The second-order valence-electron chi connectivity index (χ2n) is 6.61. The van der Waals surface area contributed by atoms with Crippen LogP contribution in [0.25, 0.3) is 10.9 Å². The van der Waals surface area contributed by atoms with Crippen LogP contribution in [0.4, 0.5) is 0 Å². The van der Waals surface area contributed by atoms with Crippen molar-refractivity contribution in [3.63, 3.8) is 0 Å². The van der Waals surface area contributed by atoms with Crippen molar-refractivity contribution in [1.82, 2.24) is 30.0 Å². The van der Waals surface area contributed by atoms with Gasteiger partial charge in [-0.15, -0.1) is 0 Å². The van der Waals surface area contributed by atoms with Crippen molar-refractivity contribution in [2.24, 2.45) is 0 Å². The van der Waals surface area contributed by atoms with E-state index < -0.39 is 0 Å². The fourth-order valence-corrected chi connectivity index (χ4v) is 3.19. The number of aromatic nitrogens is 5. The Balaban J connectivity index is 1.37. The maximum absolute atomic E-state index is 12.3. The van der Waals surface area contributed by atoms with E-state index in [1.165, 1.54) is 11.5 Å². The Kier molecular flexibility index (Phi) is 4.76. The van der Waals surface area contributed by atoms with Gasteiger partial charge in [0, 0.05) is 36.4 Å². The average molecular weight is 376 g/mol. The number of nitrogens with one attached hydrogen (secondary N) is 3. The summed E-state index contributed by atoms with van der Waals surface area (Å²) in [6, 6.07) is 13.4. The topological polar surface area (TPSA) is 108 Å². The Morgan fingerprint density at radius 2 is 2.07 bits per heavy atom. The zero-order valence-corrected chi connectivity index (χ0v) is 15.4. The number of carbonyl (C=O) groups is 1. The van der Waals surface area contributed by atoms with Crippen molar-refractivity contribution in [1.29, 1.82) is 0 Å². The molecule has 0 saturated heterocycles. The Morgan fingerprint density at radius 3 is 2.93 bits per heavy atom. The lowest BCUT2D eigenvalue weighted by atomic mass is 10.2. The van der Waals surface area contributed by atoms with Crippen molar-refractivity contribution in [3.05, 3.63) is 81.9 Å². The third-order valence-electron chi connectivity index (χ3n) is 4.46. The van der Waals surface area contributed by atoms with Crippen LogP contribution in [0.5, 0.6) is 0 Å². The van der Waals surface area contributed by atoms with E-state index in [4.69, 9.17) is 0 Å². The molecule has 4 aromatic rings. The number of rotatable bonds is 6. The molecule has 0 aliphatic carbocycles. The van der Waals surface area contributed by atoms with Crippen molar-refractivity contribution < 1.29 is 4.79 Å². The SMILES string of the molecule is Cc1nc(CCNC(=O)c2cc(Cn3ccc4ccccc43)[nH]n2)cc(=O)[nH]1. The monoisotopic (exact) mass is 376 g/mol. The van der Waals surface area contributed by atoms with E-state index in [1.807, 2.05) is 18.3 Å². The third-order valence-corrected chi connectivity index (χ3v) is 4.46. The lowest BCUT2D eigenvalue weighted by molar-refractivity contribution is 0.0949. The van der Waals surface area contributed by atoms with Gasteiger partial charge in [0.15, 0.2) is 0 Å². The number of amides is 1. The molecule has 3 N–H and O–H groups in total. The Labute approximate surface area is 160 Å². The summed E-state index contributed by atoms with van der Waals surface area (Å²) in [5.41, 5.74) is 2.76. The number of aromatic amines is 2. The first-order chi connectivity index (χ1) is 13.6. The highest BCUT2D eigenvalue weighted by molar-refractivity contribution is 5.92. The number of fused-ring (bicyclic) bond motifs is 1. The summed E-state index contributed by atoms with van der Waals surface area (Å²) in [6.07, 6.45) is 2.49. The first-order valence-corrected chi connectivity index (χ1v) is 9.02. The van der Waals surface area contributed by atoms with Gasteiger partial charge in [0.1, 0.15) is 11.5 Å². The Bertz CT molecular complexity index is 1190. The molecule has 0 saturated carbocycles. The van der Waals surface area contributed by atoms with Crippen LogP contribution in [0.2, 0.25) is 0 Å². The molecule has 0 atom stereocenters. The molecule has 0 fully saturated rings. The van der Waals surface area contributed by atoms with Gasteiger partial charge < -0.3 is 14.9 Å². The predicted octanol–water partition coefficient (Wildman–Crippen LogP) is 1.78. The first kappa shape index (κ1) is 17.7. The molecular weight excluding hydrogens is 356 g/mol. The zero-order chi connectivity index (χ0) is 19.5. The second-order valence-corrected chi connectivity index (χ2v) is 6.61. The molecule has 0 spiro atoms. The summed E-state index contributed by atoms with van der Waals surface area (Å²) in [7, 11) is 0. The standard InChI is InChI=1S/C20H20N6O2/c1-13-22-15(11-19(27)23-13)6-8-21-20(28)17-10-16(24-25-17)12-26-9-7-14-4-2-3-5-18(14)26/h2-5,7,9-11H,6,8,12H2,1H3,(H,21,28)(H,24,25)(H,22,23,27). The molecule has 1 amide bonds. The number of nitrogens with zero attached hydrogens (tertiary/aromatic N) is 3. The normalized spacial score (nSPS) is 11.0. The van der Waals surface area contributed by atoms with E-state index in [1.54, 1.807) is 13.0 Å².